The van der Waals surface area contributed by atoms with Crippen LogP contribution in [0.1, 0.15) is 25.7 Å². The monoisotopic (exact) mass is 258 g/mol. The molecule has 2 fully saturated rings. The zero-order chi connectivity index (χ0) is 13.7. The van der Waals surface area contributed by atoms with E-state index in [-0.39, 0.29) is 29.7 Å². The summed E-state index contributed by atoms with van der Waals surface area (Å²) in [6, 6.07) is 0. The standard InChI is InChI=1S/C5H5NO5.C4H5NO2/c7-3-1-2-4(8)6(3)11-5(9)10;6-3-1-2-4(7)5-3/h1-2H2,(H,9,10);1-2H2,(H,5,6,7). The Balaban J connectivity index is 0.000000199. The summed E-state index contributed by atoms with van der Waals surface area (Å²) in [5.74, 6) is -1.52. The summed E-state index contributed by atoms with van der Waals surface area (Å²) in [5, 5.41) is 10.4. The van der Waals surface area contributed by atoms with Crippen LogP contribution in [-0.2, 0) is 24.0 Å². The second-order valence-electron chi connectivity index (χ2n) is 3.41. The Morgan fingerprint density at radius 1 is 1.00 bits per heavy atom. The first-order valence-electron chi connectivity index (χ1n) is 4.99. The molecule has 0 bridgehead atoms. The third-order valence-corrected chi connectivity index (χ3v) is 2.03. The van der Waals surface area contributed by atoms with Gasteiger partial charge in [0.1, 0.15) is 0 Å². The van der Waals surface area contributed by atoms with E-state index in [9.17, 15) is 24.0 Å². The van der Waals surface area contributed by atoms with Crippen molar-refractivity contribution in [1.82, 2.24) is 10.4 Å². The van der Waals surface area contributed by atoms with Crippen molar-refractivity contribution < 1.29 is 33.9 Å². The lowest BCUT2D eigenvalue weighted by molar-refractivity contribution is -0.175. The average Bonchev–Trinajstić information content (AvgIpc) is 2.79. The van der Waals surface area contributed by atoms with E-state index in [1.165, 1.54) is 0 Å². The van der Waals surface area contributed by atoms with Crippen molar-refractivity contribution in [2.75, 3.05) is 0 Å². The molecule has 9 nitrogen and oxygen atoms in total. The van der Waals surface area contributed by atoms with Gasteiger partial charge in [-0.3, -0.25) is 29.3 Å². The molecule has 2 saturated heterocycles. The van der Waals surface area contributed by atoms with E-state index in [1.807, 2.05) is 0 Å². The van der Waals surface area contributed by atoms with Crippen LogP contribution < -0.4 is 5.32 Å². The minimum atomic E-state index is -1.66. The van der Waals surface area contributed by atoms with E-state index in [0.29, 0.717) is 12.8 Å². The minimum absolute atomic E-state index is 0.0200. The number of nitrogens with zero attached hydrogens (tertiary/aromatic N) is 1. The van der Waals surface area contributed by atoms with Gasteiger partial charge < -0.3 is 5.11 Å². The predicted octanol–water partition coefficient (Wildman–Crippen LogP) is -0.832. The second kappa shape index (κ2) is 5.75. The largest absolute Gasteiger partial charge is 0.531 e. The molecule has 2 heterocycles. The quantitative estimate of drug-likeness (QED) is 0.587. The smallest absolute Gasteiger partial charge is 0.448 e. The van der Waals surface area contributed by atoms with Crippen LogP contribution in [0.3, 0.4) is 0 Å². The maximum Gasteiger partial charge on any atom is 0.531 e. The average molecular weight is 258 g/mol. The summed E-state index contributed by atoms with van der Waals surface area (Å²) in [7, 11) is 0. The molecule has 0 atom stereocenters. The van der Waals surface area contributed by atoms with Crippen molar-refractivity contribution in [3.63, 3.8) is 0 Å². The van der Waals surface area contributed by atoms with Gasteiger partial charge in [-0.05, 0) is 0 Å². The molecule has 0 spiro atoms. The molecule has 4 amide bonds. The molecule has 98 valence electrons. The van der Waals surface area contributed by atoms with Crippen LogP contribution in [-0.4, -0.2) is 40.0 Å². The molecule has 9 heteroatoms. The zero-order valence-corrected chi connectivity index (χ0v) is 9.17. The van der Waals surface area contributed by atoms with E-state index >= 15 is 0 Å². The highest BCUT2D eigenvalue weighted by Gasteiger charge is 2.32. The van der Waals surface area contributed by atoms with Gasteiger partial charge in [-0.15, -0.1) is 0 Å². The van der Waals surface area contributed by atoms with Gasteiger partial charge in [-0.1, -0.05) is 5.06 Å². The lowest BCUT2D eigenvalue weighted by Crippen LogP contribution is -2.31. The van der Waals surface area contributed by atoms with Crippen LogP contribution in [0.15, 0.2) is 0 Å². The highest BCUT2D eigenvalue weighted by Crippen LogP contribution is 2.11. The van der Waals surface area contributed by atoms with Crippen molar-refractivity contribution >= 4 is 29.8 Å². The Bertz CT molecular complexity index is 387. The van der Waals surface area contributed by atoms with Crippen molar-refractivity contribution in [3.8, 4) is 0 Å². The molecule has 0 aromatic carbocycles. The maximum absolute atomic E-state index is 10.6. The number of rotatable bonds is 1. The molecule has 2 rings (SSSR count). The number of hydroxylamine groups is 2. The zero-order valence-electron chi connectivity index (χ0n) is 9.17. The number of hydrogen-bond acceptors (Lipinski definition) is 6. The Labute approximate surface area is 101 Å². The van der Waals surface area contributed by atoms with Gasteiger partial charge in [0.2, 0.25) is 11.8 Å². The van der Waals surface area contributed by atoms with Gasteiger partial charge in [0, 0.05) is 25.7 Å². The summed E-state index contributed by atoms with van der Waals surface area (Å²) in [5.41, 5.74) is 0. The highest BCUT2D eigenvalue weighted by atomic mass is 16.8. The van der Waals surface area contributed by atoms with Crippen molar-refractivity contribution in [2.24, 2.45) is 0 Å². The van der Waals surface area contributed by atoms with Gasteiger partial charge in [0.25, 0.3) is 11.8 Å². The molecule has 0 aromatic rings. The maximum atomic E-state index is 10.6. The fourth-order valence-corrected chi connectivity index (χ4v) is 1.24. The van der Waals surface area contributed by atoms with Crippen molar-refractivity contribution in [1.29, 1.82) is 0 Å². The molecule has 0 radical (unpaired) electrons. The van der Waals surface area contributed by atoms with Crippen LogP contribution in [0, 0.1) is 0 Å². The van der Waals surface area contributed by atoms with E-state index in [4.69, 9.17) is 5.11 Å². The third kappa shape index (κ3) is 3.85. The topological polar surface area (TPSA) is 130 Å². The van der Waals surface area contributed by atoms with Gasteiger partial charge >= 0.3 is 6.16 Å². The molecular formula is C9H10N2O7. The SMILES string of the molecule is O=C(O)ON1C(=O)CCC1=O.O=C1CCC(=O)N1. The molecule has 2 aliphatic rings. The Morgan fingerprint density at radius 3 is 1.72 bits per heavy atom. The van der Waals surface area contributed by atoms with Gasteiger partial charge in [0.05, 0.1) is 0 Å². The first-order valence-corrected chi connectivity index (χ1v) is 4.99. The fourth-order valence-electron chi connectivity index (χ4n) is 1.24. The molecule has 18 heavy (non-hydrogen) atoms. The van der Waals surface area contributed by atoms with E-state index in [1.54, 1.807) is 0 Å². The molecular weight excluding hydrogens is 248 g/mol. The number of imide groups is 2. The Morgan fingerprint density at radius 2 is 1.44 bits per heavy atom. The number of nitrogens with one attached hydrogen (secondary N) is 1. The predicted molar refractivity (Wildman–Crippen MR) is 52.6 cm³/mol. The summed E-state index contributed by atoms with van der Waals surface area (Å²) in [4.78, 5) is 55.3. The number of amides is 4. The number of carbonyl (C=O) groups is 5. The van der Waals surface area contributed by atoms with Crippen LogP contribution in [0.2, 0.25) is 0 Å². The summed E-state index contributed by atoms with van der Waals surface area (Å²) >= 11 is 0. The number of carboxylic acid groups (broad SMARTS) is 1. The number of hydrogen-bond donors (Lipinski definition) is 2. The Hall–Kier alpha value is -2.45. The summed E-state index contributed by atoms with van der Waals surface area (Å²) in [6.07, 6.45) is -0.871. The lowest BCUT2D eigenvalue weighted by Gasteiger charge is -2.08. The van der Waals surface area contributed by atoms with E-state index < -0.39 is 18.0 Å². The second-order valence-corrected chi connectivity index (χ2v) is 3.41. The molecule has 2 aliphatic heterocycles. The molecule has 0 aromatic heterocycles. The normalized spacial score (nSPS) is 18.3. The van der Waals surface area contributed by atoms with Crippen molar-refractivity contribution in [3.05, 3.63) is 0 Å². The van der Waals surface area contributed by atoms with Gasteiger partial charge in [0.15, 0.2) is 0 Å². The molecule has 0 aliphatic carbocycles. The molecule has 0 unspecified atom stereocenters. The lowest BCUT2D eigenvalue weighted by atomic mass is 10.4. The van der Waals surface area contributed by atoms with Crippen molar-refractivity contribution in [2.45, 2.75) is 25.7 Å². The van der Waals surface area contributed by atoms with Crippen LogP contribution >= 0.6 is 0 Å². The fraction of sp³-hybridized carbons (Fsp3) is 0.444. The third-order valence-electron chi connectivity index (χ3n) is 2.03. The first kappa shape index (κ1) is 13.6. The summed E-state index contributed by atoms with van der Waals surface area (Å²) < 4.78 is 0. The number of carbonyl (C=O) groups excluding carboxylic acids is 4. The highest BCUT2D eigenvalue weighted by molar-refractivity contribution is 6.02. The van der Waals surface area contributed by atoms with Gasteiger partial charge in [-0.25, -0.2) is 4.79 Å². The first-order chi connectivity index (χ1) is 8.40. The van der Waals surface area contributed by atoms with E-state index in [0.717, 1.165) is 0 Å². The minimum Gasteiger partial charge on any atom is -0.448 e. The molecule has 0 saturated carbocycles. The van der Waals surface area contributed by atoms with E-state index in [2.05, 4.69) is 10.2 Å². The van der Waals surface area contributed by atoms with Gasteiger partial charge in [-0.2, -0.15) is 0 Å². The summed E-state index contributed by atoms with van der Waals surface area (Å²) in [6.45, 7) is 0. The Kier molecular flexibility index (Phi) is 4.35. The van der Waals surface area contributed by atoms with Crippen LogP contribution in [0.25, 0.3) is 0 Å². The van der Waals surface area contributed by atoms with Crippen LogP contribution in [0.5, 0.6) is 0 Å². The van der Waals surface area contributed by atoms with Crippen LogP contribution in [0.4, 0.5) is 4.79 Å². The molecule has 2 N–H and O–H groups in total.